The molecule has 1 atom stereocenters. The Balaban J connectivity index is 1.69. The average Bonchev–Trinajstić information content (AvgIpc) is 3.20. The van der Waals surface area contributed by atoms with E-state index in [1.165, 1.54) is 11.1 Å². The fraction of sp³-hybridized carbons (Fsp3) is 0.391. The van der Waals surface area contributed by atoms with Crippen molar-refractivity contribution in [2.24, 2.45) is 0 Å². The molecular formula is C23H27N3O. The molecule has 0 radical (unpaired) electrons. The number of carbonyl (C=O) groups excluding carboxylic acids is 1. The molecule has 0 spiro atoms. The van der Waals surface area contributed by atoms with Crippen LogP contribution in [0.15, 0.2) is 42.5 Å². The first-order chi connectivity index (χ1) is 13.1. The number of carbonyl (C=O) groups is 1. The van der Waals surface area contributed by atoms with Crippen LogP contribution < -0.4 is 4.90 Å². The summed E-state index contributed by atoms with van der Waals surface area (Å²) in [6.07, 6.45) is 2.79. The zero-order chi connectivity index (χ0) is 19.0. The first kappa shape index (κ1) is 17.8. The number of para-hydroxylation sites is 2. The lowest BCUT2D eigenvalue weighted by Crippen LogP contribution is -2.25. The van der Waals surface area contributed by atoms with Crippen molar-refractivity contribution < 1.29 is 4.79 Å². The molecule has 1 aliphatic heterocycles. The van der Waals surface area contributed by atoms with Crippen molar-refractivity contribution in [3.8, 4) is 0 Å². The van der Waals surface area contributed by atoms with Crippen molar-refractivity contribution in [3.63, 3.8) is 0 Å². The number of benzene rings is 2. The fourth-order valence-electron chi connectivity index (χ4n) is 4.18. The number of hydrogen-bond donors (Lipinski definition) is 0. The minimum Gasteiger partial charge on any atom is -0.328 e. The lowest BCUT2D eigenvalue weighted by Gasteiger charge is -2.20. The van der Waals surface area contributed by atoms with Gasteiger partial charge < -0.3 is 9.47 Å². The summed E-state index contributed by atoms with van der Waals surface area (Å²) in [7, 11) is 0. The Kier molecular flexibility index (Phi) is 4.73. The Hall–Kier alpha value is -2.62. The quantitative estimate of drug-likeness (QED) is 0.643. The van der Waals surface area contributed by atoms with Gasteiger partial charge in [0.05, 0.1) is 11.0 Å². The van der Waals surface area contributed by atoms with Crippen LogP contribution in [-0.2, 0) is 11.3 Å². The first-order valence-corrected chi connectivity index (χ1v) is 9.91. The molecule has 4 rings (SSSR count). The van der Waals surface area contributed by atoms with Gasteiger partial charge in [0.15, 0.2) is 0 Å². The number of aromatic nitrogens is 2. The van der Waals surface area contributed by atoms with Crippen molar-refractivity contribution in [2.75, 3.05) is 11.4 Å². The molecule has 4 heteroatoms. The highest BCUT2D eigenvalue weighted by Gasteiger charge is 2.35. The Morgan fingerprint density at radius 1 is 1.15 bits per heavy atom. The van der Waals surface area contributed by atoms with Gasteiger partial charge in [0.25, 0.3) is 0 Å². The minimum absolute atomic E-state index is 0.141. The maximum atomic E-state index is 12.8. The highest BCUT2D eigenvalue weighted by Crippen LogP contribution is 2.34. The number of unbranched alkanes of at least 4 members (excludes halogenated alkanes) is 1. The molecule has 3 aromatic rings. The van der Waals surface area contributed by atoms with Crippen LogP contribution in [0.1, 0.15) is 49.1 Å². The van der Waals surface area contributed by atoms with Crippen LogP contribution >= 0.6 is 0 Å². The molecule has 1 saturated heterocycles. The number of nitrogens with zero attached hydrogens (tertiary/aromatic N) is 3. The summed E-state index contributed by atoms with van der Waals surface area (Å²) in [5.41, 5.74) is 5.62. The second-order valence-electron chi connectivity index (χ2n) is 7.66. The third-order valence-corrected chi connectivity index (χ3v) is 5.55. The number of imidazole rings is 1. The van der Waals surface area contributed by atoms with Crippen LogP contribution in [-0.4, -0.2) is 22.0 Å². The monoisotopic (exact) mass is 361 g/mol. The van der Waals surface area contributed by atoms with E-state index < -0.39 is 0 Å². The Morgan fingerprint density at radius 3 is 2.74 bits per heavy atom. The van der Waals surface area contributed by atoms with Gasteiger partial charge in [-0.15, -0.1) is 0 Å². The number of rotatable bonds is 5. The van der Waals surface area contributed by atoms with Crippen LogP contribution in [0.25, 0.3) is 11.0 Å². The molecule has 0 N–H and O–H groups in total. The van der Waals surface area contributed by atoms with Crippen molar-refractivity contribution in [2.45, 2.75) is 52.5 Å². The van der Waals surface area contributed by atoms with E-state index in [4.69, 9.17) is 4.98 Å². The van der Waals surface area contributed by atoms with Crippen LogP contribution in [0.2, 0.25) is 0 Å². The standard InChI is InChI=1S/C23H27N3O/c1-4-5-12-25-21-9-7-6-8-19(21)24-23(25)18-14-22(27)26(15-18)20-11-10-16(2)13-17(20)3/h6-11,13,18H,4-5,12,14-15H2,1-3H3. The van der Waals surface area contributed by atoms with E-state index in [-0.39, 0.29) is 11.8 Å². The van der Waals surface area contributed by atoms with E-state index in [0.29, 0.717) is 13.0 Å². The van der Waals surface area contributed by atoms with Gasteiger partial charge in [0.1, 0.15) is 5.82 Å². The van der Waals surface area contributed by atoms with Crippen molar-refractivity contribution in [3.05, 3.63) is 59.4 Å². The largest absolute Gasteiger partial charge is 0.328 e. The van der Waals surface area contributed by atoms with Gasteiger partial charge in [0.2, 0.25) is 5.91 Å². The molecule has 1 fully saturated rings. The molecule has 0 bridgehead atoms. The summed E-state index contributed by atoms with van der Waals surface area (Å²) < 4.78 is 2.34. The molecular weight excluding hydrogens is 334 g/mol. The fourth-order valence-corrected chi connectivity index (χ4v) is 4.18. The van der Waals surface area contributed by atoms with Gasteiger partial charge in [-0.1, -0.05) is 43.2 Å². The molecule has 4 nitrogen and oxygen atoms in total. The highest BCUT2D eigenvalue weighted by molar-refractivity contribution is 5.97. The van der Waals surface area contributed by atoms with Crippen LogP contribution in [0.3, 0.4) is 0 Å². The highest BCUT2D eigenvalue weighted by atomic mass is 16.2. The maximum absolute atomic E-state index is 12.8. The van der Waals surface area contributed by atoms with Crippen molar-refractivity contribution in [1.29, 1.82) is 0 Å². The zero-order valence-corrected chi connectivity index (χ0v) is 16.4. The van der Waals surface area contributed by atoms with Gasteiger partial charge in [0, 0.05) is 31.1 Å². The summed E-state index contributed by atoms with van der Waals surface area (Å²) in [5.74, 6) is 1.40. The summed E-state index contributed by atoms with van der Waals surface area (Å²) in [4.78, 5) is 19.7. The maximum Gasteiger partial charge on any atom is 0.227 e. The molecule has 1 unspecified atom stereocenters. The molecule has 2 aromatic carbocycles. The van der Waals surface area contributed by atoms with Crippen molar-refractivity contribution >= 4 is 22.6 Å². The number of hydrogen-bond acceptors (Lipinski definition) is 2. The topological polar surface area (TPSA) is 38.1 Å². The summed E-state index contributed by atoms with van der Waals surface area (Å²) in [5, 5.41) is 0. The van der Waals surface area contributed by atoms with Crippen LogP contribution in [0.5, 0.6) is 0 Å². The molecule has 2 heterocycles. The van der Waals surface area contributed by atoms with Gasteiger partial charge in [-0.3, -0.25) is 4.79 Å². The first-order valence-electron chi connectivity index (χ1n) is 9.91. The van der Waals surface area contributed by atoms with Gasteiger partial charge in [-0.25, -0.2) is 4.98 Å². The Labute approximate surface area is 160 Å². The Morgan fingerprint density at radius 2 is 1.96 bits per heavy atom. The predicted molar refractivity (Wildman–Crippen MR) is 110 cm³/mol. The predicted octanol–water partition coefficient (Wildman–Crippen LogP) is 4.97. The number of anilines is 1. The lowest BCUT2D eigenvalue weighted by atomic mass is 10.1. The minimum atomic E-state index is 0.141. The van der Waals surface area contributed by atoms with Crippen LogP contribution in [0, 0.1) is 13.8 Å². The SMILES string of the molecule is CCCCn1c(C2CC(=O)N(c3ccc(C)cc3C)C2)nc2ccccc21. The third kappa shape index (κ3) is 3.25. The summed E-state index contributed by atoms with van der Waals surface area (Å²) >= 11 is 0. The lowest BCUT2D eigenvalue weighted by molar-refractivity contribution is -0.117. The zero-order valence-electron chi connectivity index (χ0n) is 16.4. The number of fused-ring (bicyclic) bond motifs is 1. The molecule has 1 amide bonds. The smallest absolute Gasteiger partial charge is 0.227 e. The van der Waals surface area contributed by atoms with E-state index >= 15 is 0 Å². The van der Waals surface area contributed by atoms with Crippen molar-refractivity contribution in [1.82, 2.24) is 9.55 Å². The molecule has 0 aliphatic carbocycles. The van der Waals surface area contributed by atoms with E-state index in [1.54, 1.807) is 0 Å². The molecule has 1 aliphatic rings. The third-order valence-electron chi connectivity index (χ3n) is 5.55. The van der Waals surface area contributed by atoms with Gasteiger partial charge in [-0.2, -0.15) is 0 Å². The summed E-state index contributed by atoms with van der Waals surface area (Å²) in [6, 6.07) is 14.6. The second kappa shape index (κ2) is 7.18. The molecule has 27 heavy (non-hydrogen) atoms. The van der Waals surface area contributed by atoms with Gasteiger partial charge in [-0.05, 0) is 44.0 Å². The number of amides is 1. The molecule has 1 aromatic heterocycles. The summed E-state index contributed by atoms with van der Waals surface area (Å²) in [6.45, 7) is 8.04. The Bertz CT molecular complexity index is 988. The molecule has 0 saturated carbocycles. The average molecular weight is 361 g/mol. The number of aryl methyl sites for hydroxylation is 3. The van der Waals surface area contributed by atoms with E-state index in [9.17, 15) is 4.79 Å². The van der Waals surface area contributed by atoms with Gasteiger partial charge >= 0.3 is 0 Å². The molecule has 140 valence electrons. The van der Waals surface area contributed by atoms with E-state index in [2.05, 4.69) is 61.7 Å². The van der Waals surface area contributed by atoms with Crippen LogP contribution in [0.4, 0.5) is 5.69 Å². The van der Waals surface area contributed by atoms with E-state index in [0.717, 1.165) is 42.0 Å². The normalized spacial score (nSPS) is 17.2. The second-order valence-corrected chi connectivity index (χ2v) is 7.66. The van der Waals surface area contributed by atoms with E-state index in [1.807, 2.05) is 11.0 Å².